The third-order valence-electron chi connectivity index (χ3n) is 7.90. The molecular formula is C28H37Cl2FN4O. The molecule has 2 N–H and O–H groups in total. The summed E-state index contributed by atoms with van der Waals surface area (Å²) in [6.07, 6.45) is 6.12. The molecule has 0 spiro atoms. The van der Waals surface area contributed by atoms with Crippen molar-refractivity contribution in [3.8, 4) is 0 Å². The topological polar surface area (TPSA) is 43.1 Å². The van der Waals surface area contributed by atoms with Gasteiger partial charge in [0.15, 0.2) is 12.5 Å². The van der Waals surface area contributed by atoms with E-state index < -0.39 is 0 Å². The summed E-state index contributed by atoms with van der Waals surface area (Å²) in [6, 6.07) is 11.8. The zero-order valence-electron chi connectivity index (χ0n) is 21.0. The van der Waals surface area contributed by atoms with Gasteiger partial charge in [0.05, 0.1) is 10.0 Å². The third kappa shape index (κ3) is 6.72. The first-order chi connectivity index (χ1) is 17.5. The van der Waals surface area contributed by atoms with Crippen LogP contribution >= 0.6 is 23.2 Å². The zero-order chi connectivity index (χ0) is 25.1. The van der Waals surface area contributed by atoms with Crippen molar-refractivity contribution >= 4 is 28.9 Å². The minimum Gasteiger partial charge on any atom is -0.357 e. The van der Waals surface area contributed by atoms with Gasteiger partial charge >= 0.3 is 0 Å². The molecule has 3 aliphatic heterocycles. The van der Waals surface area contributed by atoms with E-state index in [0.717, 1.165) is 25.2 Å². The van der Waals surface area contributed by atoms with Gasteiger partial charge in [-0.15, -0.1) is 0 Å². The quantitative estimate of drug-likeness (QED) is 0.373. The maximum atomic E-state index is 13.9. The molecule has 3 fully saturated rings. The molecule has 5 nitrogen and oxygen atoms in total. The molecule has 0 aromatic heterocycles. The predicted octanol–water partition coefficient (Wildman–Crippen LogP) is 5.86. The third-order valence-corrected chi connectivity index (χ3v) is 8.64. The summed E-state index contributed by atoms with van der Waals surface area (Å²) in [6.45, 7) is 8.47. The highest BCUT2D eigenvalue weighted by Gasteiger charge is 2.39. The van der Waals surface area contributed by atoms with Gasteiger partial charge in [0, 0.05) is 24.8 Å². The Kier molecular flexibility index (Phi) is 8.72. The molecule has 3 aliphatic rings. The molecule has 4 atom stereocenters. The highest BCUT2D eigenvalue weighted by molar-refractivity contribution is 6.42. The lowest BCUT2D eigenvalue weighted by Gasteiger charge is -2.32. The number of nitrogens with zero attached hydrogens (tertiary/aromatic N) is 2. The summed E-state index contributed by atoms with van der Waals surface area (Å²) in [7, 11) is 0. The number of halogens is 3. The van der Waals surface area contributed by atoms with E-state index in [0.29, 0.717) is 21.7 Å². The Morgan fingerprint density at radius 3 is 2.64 bits per heavy atom. The lowest BCUT2D eigenvalue weighted by Crippen LogP contribution is -2.41. The molecule has 196 valence electrons. The van der Waals surface area contributed by atoms with Gasteiger partial charge in [-0.2, -0.15) is 0 Å². The first-order valence-corrected chi connectivity index (χ1v) is 14.0. The lowest BCUT2D eigenvalue weighted by molar-refractivity contribution is 0.161. The lowest BCUT2D eigenvalue weighted by atomic mass is 9.95. The molecule has 0 radical (unpaired) electrons. The van der Waals surface area contributed by atoms with Crippen molar-refractivity contribution in [2.24, 2.45) is 0 Å². The fourth-order valence-electron chi connectivity index (χ4n) is 5.57. The minimum atomic E-state index is -0.214. The maximum absolute atomic E-state index is 13.9. The van der Waals surface area contributed by atoms with Crippen LogP contribution in [0.4, 0.5) is 10.1 Å². The van der Waals surface area contributed by atoms with Gasteiger partial charge in [-0.25, -0.2) is 4.39 Å². The number of aryl methyl sites for hydroxylation is 1. The van der Waals surface area contributed by atoms with Crippen molar-refractivity contribution in [2.75, 3.05) is 44.6 Å². The molecule has 2 aromatic carbocycles. The minimum absolute atomic E-state index is 0.102. The van der Waals surface area contributed by atoms with E-state index in [-0.39, 0.29) is 24.2 Å². The van der Waals surface area contributed by atoms with Crippen molar-refractivity contribution in [3.05, 3.63) is 63.4 Å². The van der Waals surface area contributed by atoms with Crippen LogP contribution in [0.25, 0.3) is 0 Å². The number of rotatable bonds is 10. The van der Waals surface area contributed by atoms with Crippen molar-refractivity contribution in [2.45, 2.75) is 63.4 Å². The van der Waals surface area contributed by atoms with Gasteiger partial charge in [-0.3, -0.25) is 10.2 Å². The van der Waals surface area contributed by atoms with E-state index in [1.165, 1.54) is 63.5 Å². The van der Waals surface area contributed by atoms with Gasteiger partial charge in [0.25, 0.3) is 0 Å². The van der Waals surface area contributed by atoms with Gasteiger partial charge in [-0.05, 0) is 100 Å². The van der Waals surface area contributed by atoms with Crippen molar-refractivity contribution in [1.82, 2.24) is 15.1 Å². The Bertz CT molecular complexity index is 1030. The van der Waals surface area contributed by atoms with Gasteiger partial charge in [0.1, 0.15) is 5.82 Å². The molecule has 0 bridgehead atoms. The molecule has 3 heterocycles. The largest absolute Gasteiger partial charge is 0.357 e. The van der Waals surface area contributed by atoms with Crippen LogP contribution < -0.4 is 10.6 Å². The van der Waals surface area contributed by atoms with Crippen LogP contribution in [0.3, 0.4) is 0 Å². The molecule has 0 aliphatic carbocycles. The Labute approximate surface area is 224 Å². The highest BCUT2D eigenvalue weighted by atomic mass is 35.5. The first kappa shape index (κ1) is 26.2. The maximum Gasteiger partial charge on any atom is 0.170 e. The van der Waals surface area contributed by atoms with E-state index >= 15 is 0 Å². The van der Waals surface area contributed by atoms with Crippen LogP contribution in [0.1, 0.15) is 49.1 Å². The highest BCUT2D eigenvalue weighted by Crippen LogP contribution is 2.30. The fourth-order valence-corrected chi connectivity index (χ4v) is 5.88. The van der Waals surface area contributed by atoms with Gasteiger partial charge in [-0.1, -0.05) is 41.8 Å². The van der Waals surface area contributed by atoms with Gasteiger partial charge in [0.2, 0.25) is 0 Å². The molecule has 3 saturated heterocycles. The number of ether oxygens (including phenoxy) is 1. The van der Waals surface area contributed by atoms with Crippen molar-refractivity contribution in [3.63, 3.8) is 0 Å². The molecule has 36 heavy (non-hydrogen) atoms. The SMILES string of the molecule is Cc1ccc(NC2OC2NCC(CCN2CCC(N3CCCCC3)C2)c2ccc(Cl)c(Cl)c2)cc1F. The average molecular weight is 536 g/mol. The Morgan fingerprint density at radius 2 is 1.86 bits per heavy atom. The Hall–Kier alpha value is -1.41. The molecule has 5 rings (SSSR count). The molecular weight excluding hydrogens is 498 g/mol. The summed E-state index contributed by atoms with van der Waals surface area (Å²) in [4.78, 5) is 5.33. The average Bonchev–Trinajstić information content (AvgIpc) is 3.44. The fraction of sp³-hybridized carbons (Fsp3) is 0.571. The van der Waals surface area contributed by atoms with Crippen molar-refractivity contribution in [1.29, 1.82) is 0 Å². The summed E-state index contributed by atoms with van der Waals surface area (Å²) < 4.78 is 19.6. The van der Waals surface area contributed by atoms with E-state index in [1.807, 2.05) is 18.2 Å². The van der Waals surface area contributed by atoms with Crippen LogP contribution in [0.2, 0.25) is 10.0 Å². The Balaban J connectivity index is 1.15. The predicted molar refractivity (Wildman–Crippen MR) is 146 cm³/mol. The number of hydrogen-bond acceptors (Lipinski definition) is 5. The molecule has 2 aromatic rings. The second-order valence-electron chi connectivity index (χ2n) is 10.5. The van der Waals surface area contributed by atoms with Crippen LogP contribution in [0.15, 0.2) is 36.4 Å². The first-order valence-electron chi connectivity index (χ1n) is 13.3. The second kappa shape index (κ2) is 12.0. The number of hydrogen-bond donors (Lipinski definition) is 2. The number of anilines is 1. The monoisotopic (exact) mass is 534 g/mol. The van der Waals surface area contributed by atoms with E-state index in [1.54, 1.807) is 13.0 Å². The number of benzene rings is 2. The van der Waals surface area contributed by atoms with Crippen LogP contribution in [-0.4, -0.2) is 67.6 Å². The number of likely N-dealkylation sites (tertiary alicyclic amines) is 2. The normalized spacial score (nSPS) is 25.7. The summed E-state index contributed by atoms with van der Waals surface area (Å²) in [5, 5.41) is 7.96. The summed E-state index contributed by atoms with van der Waals surface area (Å²) in [5.74, 6) is 0.0738. The molecule has 0 saturated carbocycles. The molecule has 4 unspecified atom stereocenters. The second-order valence-corrected chi connectivity index (χ2v) is 11.3. The Morgan fingerprint density at radius 1 is 1.03 bits per heavy atom. The zero-order valence-corrected chi connectivity index (χ0v) is 22.5. The van der Waals surface area contributed by atoms with Crippen LogP contribution in [0.5, 0.6) is 0 Å². The molecule has 0 amide bonds. The summed E-state index contributed by atoms with van der Waals surface area (Å²) >= 11 is 12.6. The summed E-state index contributed by atoms with van der Waals surface area (Å²) in [5.41, 5.74) is 2.55. The van der Waals surface area contributed by atoms with E-state index in [4.69, 9.17) is 27.9 Å². The van der Waals surface area contributed by atoms with Crippen LogP contribution in [-0.2, 0) is 4.74 Å². The van der Waals surface area contributed by atoms with Gasteiger partial charge < -0.3 is 15.0 Å². The van der Waals surface area contributed by atoms with Crippen molar-refractivity contribution < 1.29 is 9.13 Å². The smallest absolute Gasteiger partial charge is 0.170 e. The number of nitrogens with one attached hydrogen (secondary N) is 2. The number of epoxide rings is 1. The standard InChI is InChI=1S/C28H37Cl2FN4O/c1-19-5-7-22(16-26(19)31)33-28-27(36-28)32-17-21(20-6-8-24(29)25(30)15-20)9-13-34-14-10-23(18-34)35-11-3-2-4-12-35/h5-8,15-16,21,23,27-28,32-33H,2-4,9-14,17-18H2,1H3. The van der Waals surface area contributed by atoms with E-state index in [9.17, 15) is 4.39 Å². The van der Waals surface area contributed by atoms with E-state index in [2.05, 4.69) is 26.5 Å². The molecule has 8 heteroatoms. The van der Waals surface area contributed by atoms with Crippen LogP contribution in [0, 0.1) is 12.7 Å². The number of piperidine rings is 1.